The van der Waals surface area contributed by atoms with Crippen molar-refractivity contribution in [1.82, 2.24) is 0 Å². The molecule has 2 unspecified atom stereocenters. The van der Waals surface area contributed by atoms with Gasteiger partial charge >= 0.3 is 0 Å². The number of Topliss-reactive ketones (excluding diaryl/α,β-unsaturated/α-hetero) is 1. The molecule has 2 aliphatic heterocycles. The lowest BCUT2D eigenvalue weighted by molar-refractivity contribution is -0.251. The second-order valence-corrected chi connectivity index (χ2v) is 14.6. The van der Waals surface area contributed by atoms with E-state index in [1.807, 2.05) is 44.2 Å². The van der Waals surface area contributed by atoms with E-state index in [1.54, 1.807) is 0 Å². The van der Waals surface area contributed by atoms with Gasteiger partial charge in [0, 0.05) is 6.42 Å². The van der Waals surface area contributed by atoms with Gasteiger partial charge in [-0.05, 0) is 25.0 Å². The third-order valence-corrected chi connectivity index (χ3v) is 8.50. The van der Waals surface area contributed by atoms with Crippen molar-refractivity contribution in [2.24, 2.45) is 0 Å². The van der Waals surface area contributed by atoms with Crippen LogP contribution in [-0.4, -0.2) is 43.7 Å². The van der Waals surface area contributed by atoms with Crippen molar-refractivity contribution < 1.29 is 23.7 Å². The van der Waals surface area contributed by atoms with Crippen molar-refractivity contribution in [2.45, 2.75) is 81.9 Å². The van der Waals surface area contributed by atoms with Gasteiger partial charge in [-0.1, -0.05) is 50.0 Å². The summed E-state index contributed by atoms with van der Waals surface area (Å²) in [5.74, 6) is -0.602. The van der Waals surface area contributed by atoms with E-state index in [1.165, 1.54) is 0 Å². The zero-order chi connectivity index (χ0) is 18.7. The van der Waals surface area contributed by atoms with Gasteiger partial charge in [0.05, 0.1) is 14.7 Å². The molecule has 0 N–H and O–H groups in total. The van der Waals surface area contributed by atoms with Crippen LogP contribution in [0, 0.1) is 0 Å². The number of hydrogen-bond donors (Lipinski definition) is 0. The number of ether oxygens (including phenoxy) is 4. The largest absolute Gasteiger partial charge is 0.367 e. The van der Waals surface area contributed by atoms with Gasteiger partial charge < -0.3 is 18.9 Å². The van der Waals surface area contributed by atoms with Crippen LogP contribution in [0.15, 0.2) is 30.3 Å². The maximum Gasteiger partial charge on any atom is 0.191 e. The zero-order valence-corrected chi connectivity index (χ0v) is 17.2. The topological polar surface area (TPSA) is 54.0 Å². The molecule has 0 radical (unpaired) electrons. The molecule has 2 heterocycles. The van der Waals surface area contributed by atoms with Gasteiger partial charge in [0.1, 0.15) is 12.2 Å². The maximum atomic E-state index is 12.8. The molecule has 3 fully saturated rings. The predicted octanol–water partition coefficient (Wildman–Crippen LogP) is 3.50. The zero-order valence-electron chi connectivity index (χ0n) is 16.2. The van der Waals surface area contributed by atoms with E-state index in [9.17, 15) is 4.79 Å². The first-order valence-corrected chi connectivity index (χ1v) is 12.9. The predicted molar refractivity (Wildman–Crippen MR) is 99.4 cm³/mol. The van der Waals surface area contributed by atoms with Gasteiger partial charge in [0.25, 0.3) is 0 Å². The number of benzene rings is 1. The first-order chi connectivity index (χ1) is 12.1. The SMILES string of the molecule is CC1(C)OC2O[C@@]3(C(=O)C[C@H]3[Si](C)(C)C)[C@@H](OCc3ccccc3)C2O1. The summed E-state index contributed by atoms with van der Waals surface area (Å²) in [7, 11) is -1.62. The molecule has 1 saturated carbocycles. The summed E-state index contributed by atoms with van der Waals surface area (Å²) in [5, 5.41) is 0. The minimum atomic E-state index is -1.62. The number of ketones is 1. The van der Waals surface area contributed by atoms with Crippen LogP contribution in [0.25, 0.3) is 0 Å². The smallest absolute Gasteiger partial charge is 0.191 e. The first-order valence-electron chi connectivity index (χ1n) is 9.36. The molecule has 5 atom stereocenters. The Kier molecular flexibility index (Phi) is 4.21. The van der Waals surface area contributed by atoms with Gasteiger partial charge in [-0.2, -0.15) is 0 Å². The van der Waals surface area contributed by atoms with Crippen LogP contribution in [-0.2, 0) is 30.3 Å². The molecule has 1 aromatic carbocycles. The van der Waals surface area contributed by atoms with Crippen LogP contribution in [0.3, 0.4) is 0 Å². The molecule has 0 amide bonds. The van der Waals surface area contributed by atoms with E-state index >= 15 is 0 Å². The summed E-state index contributed by atoms with van der Waals surface area (Å²) in [6.45, 7) is 11.0. The molecule has 1 aromatic rings. The number of hydrogen-bond acceptors (Lipinski definition) is 5. The first kappa shape index (κ1) is 18.3. The minimum Gasteiger partial charge on any atom is -0.367 e. The van der Waals surface area contributed by atoms with Crippen LogP contribution >= 0.6 is 0 Å². The quantitative estimate of drug-likeness (QED) is 0.753. The molecule has 2 saturated heterocycles. The fraction of sp³-hybridized carbons (Fsp3) is 0.650. The van der Waals surface area contributed by atoms with Crippen LogP contribution in [0.4, 0.5) is 0 Å². The van der Waals surface area contributed by atoms with Crippen molar-refractivity contribution in [3.05, 3.63) is 35.9 Å². The summed E-state index contributed by atoms with van der Waals surface area (Å²) >= 11 is 0. The summed E-state index contributed by atoms with van der Waals surface area (Å²) in [5.41, 5.74) is 0.371. The minimum absolute atomic E-state index is 0.127. The Balaban J connectivity index is 1.64. The maximum absolute atomic E-state index is 12.8. The molecule has 142 valence electrons. The lowest BCUT2D eigenvalue weighted by atomic mass is 9.73. The normalized spacial score (nSPS) is 38.4. The highest BCUT2D eigenvalue weighted by atomic mass is 28.3. The Morgan fingerprint density at radius 2 is 1.81 bits per heavy atom. The fourth-order valence-electron chi connectivity index (χ4n) is 4.55. The van der Waals surface area contributed by atoms with Crippen molar-refractivity contribution in [1.29, 1.82) is 0 Å². The number of fused-ring (bicyclic) bond motifs is 1. The highest BCUT2D eigenvalue weighted by molar-refractivity contribution is 6.79. The lowest BCUT2D eigenvalue weighted by Gasteiger charge is -2.53. The van der Waals surface area contributed by atoms with Gasteiger partial charge in [-0.25, -0.2) is 0 Å². The number of carbonyl (C=O) groups is 1. The van der Waals surface area contributed by atoms with Gasteiger partial charge in [-0.3, -0.25) is 4.79 Å². The Morgan fingerprint density at radius 3 is 2.42 bits per heavy atom. The van der Waals surface area contributed by atoms with E-state index in [2.05, 4.69) is 19.6 Å². The Labute approximate surface area is 156 Å². The van der Waals surface area contributed by atoms with Crippen molar-refractivity contribution in [3.8, 4) is 0 Å². The summed E-state index contributed by atoms with van der Waals surface area (Å²) < 4.78 is 24.7. The molecule has 6 heteroatoms. The van der Waals surface area contributed by atoms with Gasteiger partial charge in [-0.15, -0.1) is 0 Å². The molecule has 1 aliphatic carbocycles. The molecule has 4 rings (SSSR count). The number of carbonyl (C=O) groups excluding carboxylic acids is 1. The fourth-order valence-corrected chi connectivity index (χ4v) is 7.03. The standard InChI is InChI=1S/C20H28O5Si/c1-19(2)23-16-17(22-12-13-9-7-6-8-10-13)20(25-18(16)24-19)14(21)11-15(20)26(3,4)5/h6-10,15-18H,11-12H2,1-5H3/t15-,16?,17+,18?,20-/m1/s1. The Hall–Kier alpha value is -1.05. The molecule has 1 spiro atoms. The molecule has 0 aromatic heterocycles. The monoisotopic (exact) mass is 376 g/mol. The van der Waals surface area contributed by atoms with Gasteiger partial charge in [0.15, 0.2) is 23.5 Å². The Morgan fingerprint density at radius 1 is 1.12 bits per heavy atom. The molecular weight excluding hydrogens is 348 g/mol. The summed E-state index contributed by atoms with van der Waals surface area (Å²) in [6.07, 6.45) is -0.790. The van der Waals surface area contributed by atoms with Crippen molar-refractivity contribution in [2.75, 3.05) is 0 Å². The van der Waals surface area contributed by atoms with Crippen molar-refractivity contribution in [3.63, 3.8) is 0 Å². The van der Waals surface area contributed by atoms with Crippen LogP contribution in [0.5, 0.6) is 0 Å². The third-order valence-electron chi connectivity index (χ3n) is 5.78. The molecule has 26 heavy (non-hydrogen) atoms. The highest BCUT2D eigenvalue weighted by Gasteiger charge is 2.74. The van der Waals surface area contributed by atoms with E-state index in [0.717, 1.165) is 5.56 Å². The Bertz CT molecular complexity index is 698. The lowest BCUT2D eigenvalue weighted by Crippen LogP contribution is -2.67. The second kappa shape index (κ2) is 5.97. The van der Waals surface area contributed by atoms with Crippen molar-refractivity contribution >= 4 is 13.9 Å². The number of rotatable bonds is 4. The van der Waals surface area contributed by atoms with Crippen LogP contribution < -0.4 is 0 Å². The second-order valence-electron chi connectivity index (χ2n) is 9.14. The third kappa shape index (κ3) is 2.79. The van der Waals surface area contributed by atoms with E-state index in [-0.39, 0.29) is 17.4 Å². The van der Waals surface area contributed by atoms with E-state index in [4.69, 9.17) is 18.9 Å². The van der Waals surface area contributed by atoms with Crippen LogP contribution in [0.2, 0.25) is 25.2 Å². The molecule has 0 bridgehead atoms. The summed E-state index contributed by atoms with van der Waals surface area (Å²) in [6, 6.07) is 10.00. The average molecular weight is 377 g/mol. The van der Waals surface area contributed by atoms with Gasteiger partial charge in [0.2, 0.25) is 0 Å². The molecule has 5 nitrogen and oxygen atoms in total. The molecule has 3 aliphatic rings. The summed E-state index contributed by atoms with van der Waals surface area (Å²) in [4.78, 5) is 12.8. The molecular formula is C20H28O5Si. The van der Waals surface area contributed by atoms with E-state index in [0.29, 0.717) is 13.0 Å². The van der Waals surface area contributed by atoms with E-state index < -0.39 is 31.9 Å². The van der Waals surface area contributed by atoms with Crippen LogP contribution in [0.1, 0.15) is 25.8 Å². The highest BCUT2D eigenvalue weighted by Crippen LogP contribution is 2.59. The average Bonchev–Trinajstić information content (AvgIpc) is 3.01.